The second-order valence-corrected chi connectivity index (χ2v) is 7.89. The molecule has 2 heterocycles. The summed E-state index contributed by atoms with van der Waals surface area (Å²) in [6.07, 6.45) is 2.05. The Kier molecular flexibility index (Phi) is 6.25. The number of rotatable bonds is 7. The third-order valence-electron chi connectivity index (χ3n) is 5.71. The predicted octanol–water partition coefficient (Wildman–Crippen LogP) is 2.64. The fourth-order valence-electron chi connectivity index (χ4n) is 4.22. The molecule has 0 N–H and O–H groups in total. The standard InChI is InChI=1S/C23H24N4O6/c1-2-11-25-19-7-3-4-8-20(19)26(23(25)30)14-22(29)33-15-21(28)24-12-5-6-16-13-17(27(31)32)9-10-18(16)24/h3-4,7-10,13H,2,5-6,11-12,14-15H2,1H3. The number of fused-ring (bicyclic) bond motifs is 2. The molecule has 10 heteroatoms. The molecule has 1 aliphatic rings. The Morgan fingerprint density at radius 3 is 2.55 bits per heavy atom. The molecule has 0 aliphatic carbocycles. The van der Waals surface area contributed by atoms with Gasteiger partial charge in [0, 0.05) is 30.9 Å². The van der Waals surface area contributed by atoms with E-state index in [9.17, 15) is 24.5 Å². The number of carbonyl (C=O) groups excluding carboxylic acids is 2. The molecule has 0 bridgehead atoms. The summed E-state index contributed by atoms with van der Waals surface area (Å²) in [5, 5.41) is 11.0. The van der Waals surface area contributed by atoms with Crippen LogP contribution >= 0.6 is 0 Å². The molecule has 1 amide bonds. The van der Waals surface area contributed by atoms with Crippen molar-refractivity contribution in [3.63, 3.8) is 0 Å². The lowest BCUT2D eigenvalue weighted by atomic mass is 10.0. The lowest BCUT2D eigenvalue weighted by Crippen LogP contribution is -2.39. The Labute approximate surface area is 189 Å². The van der Waals surface area contributed by atoms with Gasteiger partial charge < -0.3 is 9.64 Å². The van der Waals surface area contributed by atoms with Gasteiger partial charge in [0.1, 0.15) is 6.54 Å². The van der Waals surface area contributed by atoms with Gasteiger partial charge in [0.2, 0.25) is 0 Å². The van der Waals surface area contributed by atoms with Gasteiger partial charge >= 0.3 is 11.7 Å². The fraction of sp³-hybridized carbons (Fsp3) is 0.348. The molecule has 0 radical (unpaired) electrons. The van der Waals surface area contributed by atoms with E-state index in [4.69, 9.17) is 4.74 Å². The van der Waals surface area contributed by atoms with Crippen molar-refractivity contribution < 1.29 is 19.2 Å². The highest BCUT2D eigenvalue weighted by atomic mass is 16.6. The van der Waals surface area contributed by atoms with E-state index in [1.807, 2.05) is 19.1 Å². The molecular weight excluding hydrogens is 428 g/mol. The van der Waals surface area contributed by atoms with Crippen molar-refractivity contribution in [2.45, 2.75) is 39.3 Å². The first-order valence-electron chi connectivity index (χ1n) is 10.8. The summed E-state index contributed by atoms with van der Waals surface area (Å²) < 4.78 is 8.18. The zero-order chi connectivity index (χ0) is 23.5. The van der Waals surface area contributed by atoms with E-state index in [1.165, 1.54) is 21.6 Å². The van der Waals surface area contributed by atoms with Crippen LogP contribution in [0, 0.1) is 10.1 Å². The van der Waals surface area contributed by atoms with Crippen molar-refractivity contribution in [3.05, 3.63) is 68.6 Å². The number of amides is 1. The second kappa shape index (κ2) is 9.27. The summed E-state index contributed by atoms with van der Waals surface area (Å²) in [6, 6.07) is 11.6. The lowest BCUT2D eigenvalue weighted by Gasteiger charge is -2.29. The zero-order valence-corrected chi connectivity index (χ0v) is 18.2. The maximum absolute atomic E-state index is 12.8. The topological polar surface area (TPSA) is 117 Å². The number of benzene rings is 2. The summed E-state index contributed by atoms with van der Waals surface area (Å²) in [7, 11) is 0. The molecule has 3 aromatic rings. The molecule has 0 atom stereocenters. The number of ether oxygens (including phenoxy) is 1. The summed E-state index contributed by atoms with van der Waals surface area (Å²) in [5.74, 6) is -1.11. The van der Waals surface area contributed by atoms with E-state index in [0.717, 1.165) is 11.9 Å². The van der Waals surface area contributed by atoms with Crippen LogP contribution in [0.15, 0.2) is 47.3 Å². The minimum atomic E-state index is -0.689. The largest absolute Gasteiger partial charge is 0.454 e. The Bertz CT molecular complexity index is 1290. The van der Waals surface area contributed by atoms with Crippen molar-refractivity contribution in [3.8, 4) is 0 Å². The maximum Gasteiger partial charge on any atom is 0.329 e. The first kappa shape index (κ1) is 22.3. The van der Waals surface area contributed by atoms with Gasteiger partial charge in [-0.05, 0) is 43.0 Å². The fourth-order valence-corrected chi connectivity index (χ4v) is 4.22. The van der Waals surface area contributed by atoms with Crippen molar-refractivity contribution in [2.75, 3.05) is 18.1 Å². The Morgan fingerprint density at radius 1 is 1.12 bits per heavy atom. The molecule has 172 valence electrons. The van der Waals surface area contributed by atoms with Gasteiger partial charge in [-0.3, -0.25) is 28.8 Å². The zero-order valence-electron chi connectivity index (χ0n) is 18.2. The quantitative estimate of drug-likeness (QED) is 0.309. The van der Waals surface area contributed by atoms with Gasteiger partial charge in [0.25, 0.3) is 11.6 Å². The monoisotopic (exact) mass is 452 g/mol. The van der Waals surface area contributed by atoms with Gasteiger partial charge in [-0.1, -0.05) is 19.1 Å². The molecule has 33 heavy (non-hydrogen) atoms. The Balaban J connectivity index is 1.46. The van der Waals surface area contributed by atoms with Gasteiger partial charge in [0.15, 0.2) is 6.61 Å². The third-order valence-corrected chi connectivity index (χ3v) is 5.71. The van der Waals surface area contributed by atoms with Crippen LogP contribution in [0.4, 0.5) is 11.4 Å². The highest BCUT2D eigenvalue weighted by molar-refractivity contribution is 5.96. The van der Waals surface area contributed by atoms with Crippen LogP contribution in [0.5, 0.6) is 0 Å². The number of nitro benzene ring substituents is 1. The molecule has 2 aromatic carbocycles. The highest BCUT2D eigenvalue weighted by Gasteiger charge is 2.25. The van der Waals surface area contributed by atoms with E-state index >= 15 is 0 Å². The van der Waals surface area contributed by atoms with E-state index in [0.29, 0.717) is 42.7 Å². The third kappa shape index (κ3) is 4.36. The molecule has 1 aromatic heterocycles. The van der Waals surface area contributed by atoms with Crippen LogP contribution in [-0.2, 0) is 33.8 Å². The molecular formula is C23H24N4O6. The molecule has 0 saturated carbocycles. The Hall–Kier alpha value is -3.95. The number of non-ortho nitro benzene ring substituents is 1. The number of anilines is 1. The smallest absolute Gasteiger partial charge is 0.329 e. The minimum absolute atomic E-state index is 0.0258. The highest BCUT2D eigenvalue weighted by Crippen LogP contribution is 2.30. The second-order valence-electron chi connectivity index (χ2n) is 7.89. The van der Waals surface area contributed by atoms with Crippen molar-refractivity contribution in [2.24, 2.45) is 0 Å². The summed E-state index contributed by atoms with van der Waals surface area (Å²) >= 11 is 0. The molecule has 4 rings (SSSR count). The summed E-state index contributed by atoms with van der Waals surface area (Å²) in [6.45, 7) is 2.16. The number of esters is 1. The van der Waals surface area contributed by atoms with Crippen LogP contribution in [0.3, 0.4) is 0 Å². The van der Waals surface area contributed by atoms with Gasteiger partial charge in [-0.15, -0.1) is 0 Å². The number of nitrogens with zero attached hydrogens (tertiary/aromatic N) is 4. The predicted molar refractivity (Wildman–Crippen MR) is 121 cm³/mol. The summed E-state index contributed by atoms with van der Waals surface area (Å²) in [4.78, 5) is 50.1. The van der Waals surface area contributed by atoms with Gasteiger partial charge in [-0.2, -0.15) is 0 Å². The lowest BCUT2D eigenvalue weighted by molar-refractivity contribution is -0.384. The number of hydrogen-bond acceptors (Lipinski definition) is 6. The average Bonchev–Trinajstić information content (AvgIpc) is 3.08. The SMILES string of the molecule is CCCn1c(=O)n(CC(=O)OCC(=O)N2CCCc3cc([N+](=O)[O-])ccc32)c2ccccc21. The average molecular weight is 452 g/mol. The summed E-state index contributed by atoms with van der Waals surface area (Å²) in [5.41, 5.74) is 2.35. The maximum atomic E-state index is 12.8. The number of aryl methyl sites for hydroxylation is 2. The van der Waals surface area contributed by atoms with Crippen LogP contribution < -0.4 is 10.6 Å². The van der Waals surface area contributed by atoms with Crippen LogP contribution in [-0.4, -0.2) is 39.1 Å². The number of carbonyl (C=O) groups is 2. The minimum Gasteiger partial charge on any atom is -0.454 e. The van der Waals surface area contributed by atoms with Crippen molar-refractivity contribution >= 4 is 34.3 Å². The molecule has 0 saturated heterocycles. The van der Waals surface area contributed by atoms with Crippen LogP contribution in [0.1, 0.15) is 25.3 Å². The number of nitro groups is 1. The normalized spacial score (nSPS) is 13.1. The molecule has 1 aliphatic heterocycles. The van der Waals surface area contributed by atoms with Crippen molar-refractivity contribution in [1.29, 1.82) is 0 Å². The van der Waals surface area contributed by atoms with Gasteiger partial charge in [0.05, 0.1) is 16.0 Å². The molecule has 0 fully saturated rings. The van der Waals surface area contributed by atoms with E-state index in [1.54, 1.807) is 22.8 Å². The van der Waals surface area contributed by atoms with E-state index in [-0.39, 0.29) is 17.9 Å². The molecule has 0 unspecified atom stereocenters. The van der Waals surface area contributed by atoms with Crippen LogP contribution in [0.25, 0.3) is 11.0 Å². The van der Waals surface area contributed by atoms with Gasteiger partial charge in [-0.25, -0.2) is 4.79 Å². The van der Waals surface area contributed by atoms with Crippen molar-refractivity contribution in [1.82, 2.24) is 9.13 Å². The number of para-hydroxylation sites is 2. The number of hydrogen-bond donors (Lipinski definition) is 0. The van der Waals surface area contributed by atoms with Crippen LogP contribution in [0.2, 0.25) is 0 Å². The first-order chi connectivity index (χ1) is 15.9. The number of imidazole rings is 1. The first-order valence-corrected chi connectivity index (χ1v) is 10.8. The number of aromatic nitrogens is 2. The molecule has 0 spiro atoms. The molecule has 10 nitrogen and oxygen atoms in total. The Morgan fingerprint density at radius 2 is 1.85 bits per heavy atom. The van der Waals surface area contributed by atoms with E-state index < -0.39 is 23.4 Å². The van der Waals surface area contributed by atoms with E-state index in [2.05, 4.69) is 0 Å².